The predicted molar refractivity (Wildman–Crippen MR) is 133 cm³/mol. The lowest BCUT2D eigenvalue weighted by molar-refractivity contribution is -0.137. The molecule has 7 heteroatoms. The van der Waals surface area contributed by atoms with E-state index in [1.54, 1.807) is 19.2 Å². The van der Waals surface area contributed by atoms with Gasteiger partial charge in [-0.2, -0.15) is 0 Å². The molecule has 3 rings (SSSR count). The summed E-state index contributed by atoms with van der Waals surface area (Å²) < 4.78 is 16.8. The van der Waals surface area contributed by atoms with Gasteiger partial charge in [0.2, 0.25) is 0 Å². The lowest BCUT2D eigenvalue weighted by Gasteiger charge is -2.17. The number of ether oxygens (including phenoxy) is 3. The van der Waals surface area contributed by atoms with Gasteiger partial charge < -0.3 is 19.5 Å². The zero-order valence-electron chi connectivity index (χ0n) is 20.8. The van der Waals surface area contributed by atoms with Crippen molar-refractivity contribution in [2.75, 3.05) is 32.2 Å². The van der Waals surface area contributed by atoms with Crippen LogP contribution in [0, 0.1) is 12.8 Å². The quantitative estimate of drug-likeness (QED) is 0.486. The maximum atomic E-state index is 13.4. The highest BCUT2D eigenvalue weighted by atomic mass is 16.5. The van der Waals surface area contributed by atoms with Gasteiger partial charge in [0, 0.05) is 0 Å². The van der Waals surface area contributed by atoms with Crippen LogP contribution in [0.4, 0.5) is 5.69 Å². The molecule has 1 aliphatic heterocycles. The molecule has 1 heterocycles. The Morgan fingerprint density at radius 3 is 2.29 bits per heavy atom. The Balaban J connectivity index is 1.97. The fourth-order valence-electron chi connectivity index (χ4n) is 3.58. The standard InChI is InChI=1S/C27H34N2O5/c1-17(2)16-34-21-10-8-20(9-11-21)24-25(28-22-15-19(5)7-12-23(22)32-6)27(31)29(26(24)30)13-14-33-18(3)4/h7-12,15,17-18,28H,13-14,16H2,1-6H3. The summed E-state index contributed by atoms with van der Waals surface area (Å²) in [7, 11) is 1.57. The van der Waals surface area contributed by atoms with Crippen LogP contribution in [0.5, 0.6) is 11.5 Å². The van der Waals surface area contributed by atoms with E-state index in [9.17, 15) is 9.59 Å². The summed E-state index contributed by atoms with van der Waals surface area (Å²) in [5.74, 6) is 0.945. The van der Waals surface area contributed by atoms with Crippen LogP contribution in [0.25, 0.3) is 5.57 Å². The monoisotopic (exact) mass is 466 g/mol. The summed E-state index contributed by atoms with van der Waals surface area (Å²) in [6.45, 7) is 11.0. The van der Waals surface area contributed by atoms with E-state index in [1.165, 1.54) is 4.90 Å². The Bertz CT molecular complexity index is 1060. The first-order valence-electron chi connectivity index (χ1n) is 11.6. The molecule has 0 aliphatic carbocycles. The molecule has 7 nitrogen and oxygen atoms in total. The number of hydrogen-bond acceptors (Lipinski definition) is 6. The van der Waals surface area contributed by atoms with E-state index < -0.39 is 5.91 Å². The molecule has 2 aromatic rings. The number of nitrogens with one attached hydrogen (secondary N) is 1. The Hall–Kier alpha value is -3.32. The predicted octanol–water partition coefficient (Wildman–Crippen LogP) is 4.66. The van der Waals surface area contributed by atoms with Gasteiger partial charge >= 0.3 is 0 Å². The second-order valence-electron chi connectivity index (χ2n) is 8.99. The second-order valence-corrected chi connectivity index (χ2v) is 8.99. The fraction of sp³-hybridized carbons (Fsp3) is 0.407. The van der Waals surface area contributed by atoms with Crippen molar-refractivity contribution in [1.29, 1.82) is 0 Å². The van der Waals surface area contributed by atoms with Gasteiger partial charge in [0.05, 0.1) is 44.2 Å². The first-order chi connectivity index (χ1) is 16.2. The van der Waals surface area contributed by atoms with Crippen molar-refractivity contribution in [3.8, 4) is 11.5 Å². The summed E-state index contributed by atoms with van der Waals surface area (Å²) >= 11 is 0. The third-order valence-corrected chi connectivity index (χ3v) is 5.28. The number of methoxy groups -OCH3 is 1. The minimum absolute atomic E-state index is 0.00720. The van der Waals surface area contributed by atoms with E-state index in [0.717, 1.165) is 5.56 Å². The number of hydrogen-bond donors (Lipinski definition) is 1. The van der Waals surface area contributed by atoms with Crippen molar-refractivity contribution < 1.29 is 23.8 Å². The molecule has 34 heavy (non-hydrogen) atoms. The molecule has 0 atom stereocenters. The first kappa shape index (κ1) is 25.3. The Kier molecular flexibility index (Phi) is 8.34. The molecular formula is C27H34N2O5. The molecule has 0 unspecified atom stereocenters. The number of aryl methyl sites for hydroxylation is 1. The number of carbonyl (C=O) groups excluding carboxylic acids is 2. The average Bonchev–Trinajstić information content (AvgIpc) is 3.02. The van der Waals surface area contributed by atoms with Crippen molar-refractivity contribution in [3.63, 3.8) is 0 Å². The Morgan fingerprint density at radius 2 is 1.68 bits per heavy atom. The topological polar surface area (TPSA) is 77.1 Å². The molecule has 0 aromatic heterocycles. The highest BCUT2D eigenvalue weighted by Gasteiger charge is 2.39. The average molecular weight is 467 g/mol. The largest absolute Gasteiger partial charge is 0.495 e. The molecule has 0 saturated heterocycles. The number of rotatable bonds is 11. The lowest BCUT2D eigenvalue weighted by Crippen LogP contribution is -2.35. The summed E-state index contributed by atoms with van der Waals surface area (Å²) in [5.41, 5.74) is 2.78. The van der Waals surface area contributed by atoms with Gasteiger partial charge in [-0.3, -0.25) is 14.5 Å². The molecule has 0 bridgehead atoms. The number of anilines is 1. The summed E-state index contributed by atoms with van der Waals surface area (Å²) in [5, 5.41) is 3.18. The number of nitrogens with zero attached hydrogens (tertiary/aromatic N) is 1. The SMILES string of the molecule is COc1ccc(C)cc1NC1=C(c2ccc(OCC(C)C)cc2)C(=O)N(CCOC(C)C)C1=O. The molecule has 1 aliphatic rings. The third kappa shape index (κ3) is 5.97. The zero-order valence-corrected chi connectivity index (χ0v) is 20.8. The molecule has 0 radical (unpaired) electrons. The molecule has 2 amide bonds. The van der Waals surface area contributed by atoms with Crippen molar-refractivity contribution in [2.24, 2.45) is 5.92 Å². The van der Waals surface area contributed by atoms with E-state index in [2.05, 4.69) is 19.2 Å². The summed E-state index contributed by atoms with van der Waals surface area (Å²) in [4.78, 5) is 28.0. The molecule has 0 fully saturated rings. The van der Waals surface area contributed by atoms with Crippen LogP contribution in [0.15, 0.2) is 48.2 Å². The van der Waals surface area contributed by atoms with Gasteiger partial charge in [-0.25, -0.2) is 0 Å². The maximum absolute atomic E-state index is 13.4. The first-order valence-corrected chi connectivity index (χ1v) is 11.6. The Labute approximate surface area is 201 Å². The van der Waals surface area contributed by atoms with Crippen molar-refractivity contribution >= 4 is 23.1 Å². The maximum Gasteiger partial charge on any atom is 0.278 e. The number of benzene rings is 2. The van der Waals surface area contributed by atoms with Gasteiger partial charge in [-0.1, -0.05) is 32.0 Å². The molecule has 0 saturated carbocycles. The van der Waals surface area contributed by atoms with E-state index in [1.807, 2.05) is 51.1 Å². The van der Waals surface area contributed by atoms with Crippen LogP contribution < -0.4 is 14.8 Å². The van der Waals surface area contributed by atoms with E-state index >= 15 is 0 Å². The minimum atomic E-state index is -0.393. The van der Waals surface area contributed by atoms with Gasteiger partial charge in [-0.05, 0) is 62.1 Å². The molecule has 2 aromatic carbocycles. The Morgan fingerprint density at radius 1 is 0.971 bits per heavy atom. The van der Waals surface area contributed by atoms with E-state index in [-0.39, 0.29) is 30.9 Å². The van der Waals surface area contributed by atoms with Gasteiger partial charge in [0.1, 0.15) is 17.2 Å². The second kappa shape index (κ2) is 11.2. The van der Waals surface area contributed by atoms with Crippen molar-refractivity contribution in [1.82, 2.24) is 4.90 Å². The highest BCUT2D eigenvalue weighted by Crippen LogP contribution is 2.34. The lowest BCUT2D eigenvalue weighted by atomic mass is 10.0. The molecule has 1 N–H and O–H groups in total. The summed E-state index contributed by atoms with van der Waals surface area (Å²) in [6, 6.07) is 12.9. The number of amides is 2. The van der Waals surface area contributed by atoms with Gasteiger partial charge in [-0.15, -0.1) is 0 Å². The van der Waals surface area contributed by atoms with Crippen LogP contribution in [0.3, 0.4) is 0 Å². The normalized spacial score (nSPS) is 13.9. The number of carbonyl (C=O) groups is 2. The van der Waals surface area contributed by atoms with E-state index in [4.69, 9.17) is 14.2 Å². The molecule has 0 spiro atoms. The molecular weight excluding hydrogens is 432 g/mol. The highest BCUT2D eigenvalue weighted by molar-refractivity contribution is 6.36. The molecule has 182 valence electrons. The van der Waals surface area contributed by atoms with Crippen LogP contribution in [0.1, 0.15) is 38.8 Å². The van der Waals surface area contributed by atoms with Crippen molar-refractivity contribution in [2.45, 2.75) is 40.7 Å². The van der Waals surface area contributed by atoms with Gasteiger partial charge in [0.15, 0.2) is 0 Å². The van der Waals surface area contributed by atoms with Crippen molar-refractivity contribution in [3.05, 3.63) is 59.3 Å². The minimum Gasteiger partial charge on any atom is -0.495 e. The zero-order chi connectivity index (χ0) is 24.8. The van der Waals surface area contributed by atoms with Gasteiger partial charge in [0.25, 0.3) is 11.8 Å². The smallest absolute Gasteiger partial charge is 0.278 e. The van der Waals surface area contributed by atoms with Crippen LogP contribution in [-0.4, -0.2) is 49.7 Å². The third-order valence-electron chi connectivity index (χ3n) is 5.28. The van der Waals surface area contributed by atoms with Crippen LogP contribution >= 0.6 is 0 Å². The number of imide groups is 1. The van der Waals surface area contributed by atoms with Crippen LogP contribution in [-0.2, 0) is 14.3 Å². The van der Waals surface area contributed by atoms with Crippen LogP contribution in [0.2, 0.25) is 0 Å². The fourth-order valence-corrected chi connectivity index (χ4v) is 3.58. The summed E-state index contributed by atoms with van der Waals surface area (Å²) in [6.07, 6.45) is 0.00720. The van der Waals surface area contributed by atoms with E-state index in [0.29, 0.717) is 40.8 Å².